The van der Waals surface area contributed by atoms with Crippen LogP contribution in [0.15, 0.2) is 91.3 Å². The van der Waals surface area contributed by atoms with Gasteiger partial charge in [-0.25, -0.2) is 0 Å². The number of hydrogen-bond donors (Lipinski definition) is 0. The number of benzene rings is 3. The van der Waals surface area contributed by atoms with Crippen molar-refractivity contribution in [2.75, 3.05) is 4.90 Å². The van der Waals surface area contributed by atoms with Gasteiger partial charge in [0.25, 0.3) is 5.91 Å². The number of carbonyl (C=O) groups excluding carboxylic acids is 1. The number of hydrogen-bond acceptors (Lipinski definition) is 2. The molecule has 3 aromatic carbocycles. The number of aromatic nitrogens is 1. The van der Waals surface area contributed by atoms with Gasteiger partial charge in [-0.15, -0.1) is 0 Å². The van der Waals surface area contributed by atoms with Gasteiger partial charge in [0.1, 0.15) is 0 Å². The van der Waals surface area contributed by atoms with E-state index in [1.165, 1.54) is 0 Å². The van der Waals surface area contributed by atoms with E-state index in [1.807, 2.05) is 60.4 Å². The van der Waals surface area contributed by atoms with Gasteiger partial charge in [-0.05, 0) is 47.0 Å². The zero-order chi connectivity index (χ0) is 18.6. The zero-order valence-corrected chi connectivity index (χ0v) is 15.2. The predicted molar refractivity (Wildman–Crippen MR) is 110 cm³/mol. The van der Waals surface area contributed by atoms with Crippen molar-refractivity contribution >= 4 is 22.4 Å². The van der Waals surface area contributed by atoms with E-state index in [0.717, 1.165) is 27.6 Å². The third kappa shape index (κ3) is 3.58. The van der Waals surface area contributed by atoms with Gasteiger partial charge in [0.05, 0.1) is 6.54 Å². The van der Waals surface area contributed by atoms with Gasteiger partial charge in [0.15, 0.2) is 0 Å². The van der Waals surface area contributed by atoms with Crippen LogP contribution in [0.4, 0.5) is 5.69 Å². The third-order valence-electron chi connectivity index (χ3n) is 4.72. The molecule has 0 unspecified atom stereocenters. The SMILES string of the molecule is Cc1cnccc1C(=O)N(Cc1ccccc1)c1ccc2ccccc2c1. The first-order chi connectivity index (χ1) is 13.2. The minimum absolute atomic E-state index is 0.0194. The third-order valence-corrected chi connectivity index (χ3v) is 4.72. The molecule has 0 aliphatic heterocycles. The van der Waals surface area contributed by atoms with E-state index in [2.05, 4.69) is 29.2 Å². The van der Waals surface area contributed by atoms with Gasteiger partial charge in [0, 0.05) is 23.6 Å². The van der Waals surface area contributed by atoms with E-state index in [4.69, 9.17) is 0 Å². The lowest BCUT2D eigenvalue weighted by Crippen LogP contribution is -2.31. The molecule has 0 saturated heterocycles. The number of fused-ring (bicyclic) bond motifs is 1. The van der Waals surface area contributed by atoms with Crippen LogP contribution in [0.3, 0.4) is 0 Å². The van der Waals surface area contributed by atoms with Crippen molar-refractivity contribution in [1.82, 2.24) is 4.98 Å². The Bertz CT molecular complexity index is 1090. The van der Waals surface area contributed by atoms with Crippen molar-refractivity contribution in [3.05, 3.63) is 108 Å². The Morgan fingerprint density at radius 1 is 0.889 bits per heavy atom. The van der Waals surface area contributed by atoms with Crippen LogP contribution in [0, 0.1) is 6.92 Å². The molecule has 4 aromatic rings. The molecule has 0 atom stereocenters. The Kier molecular flexibility index (Phi) is 4.67. The van der Waals surface area contributed by atoms with Gasteiger partial charge in [-0.1, -0.05) is 60.7 Å². The highest BCUT2D eigenvalue weighted by atomic mass is 16.2. The molecule has 27 heavy (non-hydrogen) atoms. The predicted octanol–water partition coefficient (Wildman–Crippen LogP) is 5.39. The Morgan fingerprint density at radius 3 is 2.41 bits per heavy atom. The molecule has 1 heterocycles. The molecule has 3 nitrogen and oxygen atoms in total. The lowest BCUT2D eigenvalue weighted by atomic mass is 10.1. The molecule has 0 aliphatic carbocycles. The van der Waals surface area contributed by atoms with Gasteiger partial charge >= 0.3 is 0 Å². The first-order valence-electron chi connectivity index (χ1n) is 8.97. The standard InChI is InChI=1S/C24H20N2O/c1-18-16-25-14-13-23(18)24(27)26(17-19-7-3-2-4-8-19)22-12-11-20-9-5-6-10-21(20)15-22/h2-16H,17H2,1H3. The van der Waals surface area contributed by atoms with Gasteiger partial charge in [-0.3, -0.25) is 9.78 Å². The first-order valence-corrected chi connectivity index (χ1v) is 8.97. The first kappa shape index (κ1) is 17.0. The number of aryl methyl sites for hydroxylation is 1. The smallest absolute Gasteiger partial charge is 0.258 e. The van der Waals surface area contributed by atoms with E-state index < -0.39 is 0 Å². The number of anilines is 1. The van der Waals surface area contributed by atoms with Gasteiger partial charge in [-0.2, -0.15) is 0 Å². The maximum atomic E-state index is 13.4. The monoisotopic (exact) mass is 352 g/mol. The number of nitrogens with zero attached hydrogens (tertiary/aromatic N) is 2. The number of amides is 1. The lowest BCUT2D eigenvalue weighted by molar-refractivity contribution is 0.0984. The number of carbonyl (C=O) groups is 1. The summed E-state index contributed by atoms with van der Waals surface area (Å²) in [6.45, 7) is 2.43. The van der Waals surface area contributed by atoms with Crippen molar-refractivity contribution in [3.8, 4) is 0 Å². The molecular weight excluding hydrogens is 332 g/mol. The van der Waals surface area contributed by atoms with Crippen LogP contribution in [-0.2, 0) is 6.54 Å². The molecular formula is C24H20N2O. The topological polar surface area (TPSA) is 33.2 Å². The second kappa shape index (κ2) is 7.42. The fraction of sp³-hybridized carbons (Fsp3) is 0.0833. The van der Waals surface area contributed by atoms with Gasteiger partial charge in [0.2, 0.25) is 0 Å². The highest BCUT2D eigenvalue weighted by Gasteiger charge is 2.20. The summed E-state index contributed by atoms with van der Waals surface area (Å²) in [6.07, 6.45) is 3.40. The molecule has 0 fully saturated rings. The molecule has 0 radical (unpaired) electrons. The maximum absolute atomic E-state index is 13.4. The fourth-order valence-corrected chi connectivity index (χ4v) is 3.25. The van der Waals surface area contributed by atoms with Crippen molar-refractivity contribution in [1.29, 1.82) is 0 Å². The molecule has 132 valence electrons. The molecule has 4 rings (SSSR count). The fourth-order valence-electron chi connectivity index (χ4n) is 3.25. The summed E-state index contributed by atoms with van der Waals surface area (Å²) in [5.74, 6) is -0.0194. The Hall–Kier alpha value is -3.46. The van der Waals surface area contributed by atoms with Crippen LogP contribution in [0.5, 0.6) is 0 Å². The molecule has 0 saturated carbocycles. The highest BCUT2D eigenvalue weighted by molar-refractivity contribution is 6.07. The summed E-state index contributed by atoms with van der Waals surface area (Å²) >= 11 is 0. The lowest BCUT2D eigenvalue weighted by Gasteiger charge is -2.24. The number of rotatable bonds is 4. The van der Waals surface area contributed by atoms with Crippen molar-refractivity contribution in [3.63, 3.8) is 0 Å². The molecule has 1 aromatic heterocycles. The van der Waals surface area contributed by atoms with Crippen LogP contribution < -0.4 is 4.90 Å². The van der Waals surface area contributed by atoms with Crippen LogP contribution in [0.25, 0.3) is 10.8 Å². The molecule has 0 aliphatic rings. The summed E-state index contributed by atoms with van der Waals surface area (Å²) < 4.78 is 0. The summed E-state index contributed by atoms with van der Waals surface area (Å²) in [4.78, 5) is 19.4. The van der Waals surface area contributed by atoms with E-state index in [-0.39, 0.29) is 5.91 Å². The van der Waals surface area contributed by atoms with Gasteiger partial charge < -0.3 is 4.90 Å². The average molecular weight is 352 g/mol. The molecule has 3 heteroatoms. The second-order valence-electron chi connectivity index (χ2n) is 6.60. The summed E-state index contributed by atoms with van der Waals surface area (Å²) in [7, 11) is 0. The quantitative estimate of drug-likeness (QED) is 0.493. The van der Waals surface area contributed by atoms with Crippen LogP contribution in [0.1, 0.15) is 21.5 Å². The van der Waals surface area contributed by atoms with E-state index in [1.54, 1.807) is 18.5 Å². The van der Waals surface area contributed by atoms with Crippen LogP contribution in [-0.4, -0.2) is 10.9 Å². The van der Waals surface area contributed by atoms with Crippen molar-refractivity contribution < 1.29 is 4.79 Å². The average Bonchev–Trinajstić information content (AvgIpc) is 2.72. The Balaban J connectivity index is 1.79. The maximum Gasteiger partial charge on any atom is 0.258 e. The highest BCUT2D eigenvalue weighted by Crippen LogP contribution is 2.26. The second-order valence-corrected chi connectivity index (χ2v) is 6.60. The van der Waals surface area contributed by atoms with E-state index >= 15 is 0 Å². The summed E-state index contributed by atoms with van der Waals surface area (Å²) in [6, 6.07) is 26.2. The Labute approximate surface area is 158 Å². The summed E-state index contributed by atoms with van der Waals surface area (Å²) in [5, 5.41) is 2.28. The van der Waals surface area contributed by atoms with Crippen LogP contribution in [0.2, 0.25) is 0 Å². The molecule has 0 spiro atoms. The van der Waals surface area contributed by atoms with Crippen LogP contribution >= 0.6 is 0 Å². The Morgan fingerprint density at radius 2 is 1.63 bits per heavy atom. The van der Waals surface area contributed by atoms with Crippen molar-refractivity contribution in [2.45, 2.75) is 13.5 Å². The minimum Gasteiger partial charge on any atom is -0.304 e. The molecule has 0 bridgehead atoms. The largest absolute Gasteiger partial charge is 0.304 e. The van der Waals surface area contributed by atoms with E-state index in [9.17, 15) is 4.79 Å². The van der Waals surface area contributed by atoms with E-state index in [0.29, 0.717) is 12.1 Å². The number of pyridine rings is 1. The normalized spacial score (nSPS) is 10.7. The summed E-state index contributed by atoms with van der Waals surface area (Å²) in [5.41, 5.74) is 3.53. The molecule has 1 amide bonds. The minimum atomic E-state index is -0.0194. The van der Waals surface area contributed by atoms with Crippen molar-refractivity contribution in [2.24, 2.45) is 0 Å². The zero-order valence-electron chi connectivity index (χ0n) is 15.2. The molecule has 0 N–H and O–H groups in total.